The van der Waals surface area contributed by atoms with Crippen LogP contribution >= 0.6 is 0 Å². The van der Waals surface area contributed by atoms with Gasteiger partial charge in [0.15, 0.2) is 5.79 Å². The van der Waals surface area contributed by atoms with E-state index < -0.39 is 5.79 Å². The molecule has 2 aromatic carbocycles. The maximum absolute atomic E-state index is 13.1. The molecule has 152 valence electrons. The molecule has 0 unspecified atom stereocenters. The quantitative estimate of drug-likeness (QED) is 0.586. The molecule has 3 heterocycles. The number of rotatable bonds is 1. The van der Waals surface area contributed by atoms with Crippen LogP contribution in [0.1, 0.15) is 29.8 Å². The largest absolute Gasteiger partial charge is 0.497 e. The lowest BCUT2D eigenvalue weighted by Crippen LogP contribution is -2.31. The maximum Gasteiger partial charge on any atom is 0.261 e. The van der Waals surface area contributed by atoms with E-state index in [0.717, 1.165) is 22.7 Å². The summed E-state index contributed by atoms with van der Waals surface area (Å²) in [5.41, 5.74) is 2.38. The van der Waals surface area contributed by atoms with Crippen molar-refractivity contribution >= 4 is 10.9 Å². The van der Waals surface area contributed by atoms with Crippen LogP contribution in [-0.2, 0) is 22.4 Å². The summed E-state index contributed by atoms with van der Waals surface area (Å²) in [5, 5.41) is 0.609. The third kappa shape index (κ3) is 3.47. The van der Waals surface area contributed by atoms with Gasteiger partial charge < -0.3 is 14.2 Å². The second kappa shape index (κ2) is 7.60. The third-order valence-electron chi connectivity index (χ3n) is 5.73. The molecule has 1 spiro atoms. The van der Waals surface area contributed by atoms with Gasteiger partial charge >= 0.3 is 0 Å². The Hall–Kier alpha value is -3.14. The van der Waals surface area contributed by atoms with Gasteiger partial charge in [-0.1, -0.05) is 11.8 Å². The number of fused-ring (bicyclic) bond motifs is 2. The molecule has 0 N–H and O–H groups in total. The lowest BCUT2D eigenvalue weighted by molar-refractivity contribution is -0.165. The summed E-state index contributed by atoms with van der Waals surface area (Å²) < 4.78 is 18.6. The van der Waals surface area contributed by atoms with E-state index in [1.54, 1.807) is 11.7 Å². The summed E-state index contributed by atoms with van der Waals surface area (Å²) in [6.07, 6.45) is 2.02. The van der Waals surface area contributed by atoms with Crippen LogP contribution in [-0.4, -0.2) is 35.7 Å². The fraction of sp³-hybridized carbons (Fsp3) is 0.333. The molecule has 3 aromatic rings. The summed E-state index contributed by atoms with van der Waals surface area (Å²) in [6, 6.07) is 13.2. The minimum atomic E-state index is -0.568. The Labute approximate surface area is 174 Å². The van der Waals surface area contributed by atoms with Gasteiger partial charge in [-0.3, -0.25) is 9.36 Å². The molecule has 30 heavy (non-hydrogen) atoms. The van der Waals surface area contributed by atoms with Crippen LogP contribution in [0, 0.1) is 11.8 Å². The maximum atomic E-state index is 13.1. The molecule has 2 aliphatic rings. The Morgan fingerprint density at radius 1 is 1.03 bits per heavy atom. The summed E-state index contributed by atoms with van der Waals surface area (Å²) in [7, 11) is 1.64. The summed E-state index contributed by atoms with van der Waals surface area (Å²) >= 11 is 0. The van der Waals surface area contributed by atoms with Crippen molar-refractivity contribution in [3.8, 4) is 17.6 Å². The number of nitrogens with zero attached hydrogens (tertiary/aromatic N) is 2. The Bertz CT molecular complexity index is 1210. The first kappa shape index (κ1) is 18.9. The molecule has 2 aliphatic heterocycles. The number of benzene rings is 2. The third-order valence-corrected chi connectivity index (χ3v) is 5.73. The van der Waals surface area contributed by atoms with Crippen molar-refractivity contribution in [2.45, 2.75) is 31.6 Å². The highest BCUT2D eigenvalue weighted by molar-refractivity contribution is 5.79. The molecule has 0 radical (unpaired) electrons. The Morgan fingerprint density at radius 3 is 2.53 bits per heavy atom. The van der Waals surface area contributed by atoms with Crippen LogP contribution in [0.5, 0.6) is 5.75 Å². The van der Waals surface area contributed by atoms with Gasteiger partial charge in [0, 0.05) is 36.9 Å². The molecule has 0 amide bonds. The van der Waals surface area contributed by atoms with Gasteiger partial charge in [-0.05, 0) is 42.5 Å². The molecular formula is C24H22N2O4. The van der Waals surface area contributed by atoms with Gasteiger partial charge in [-0.25, -0.2) is 4.98 Å². The minimum absolute atomic E-state index is 0.0142. The first-order chi connectivity index (χ1) is 14.7. The van der Waals surface area contributed by atoms with Crippen LogP contribution in [0.25, 0.3) is 10.9 Å². The minimum Gasteiger partial charge on any atom is -0.497 e. The average Bonchev–Trinajstić information content (AvgIpc) is 3.17. The highest BCUT2D eigenvalue weighted by Crippen LogP contribution is 2.31. The molecule has 0 aliphatic carbocycles. The zero-order valence-corrected chi connectivity index (χ0v) is 16.8. The van der Waals surface area contributed by atoms with Gasteiger partial charge in [0.1, 0.15) is 11.6 Å². The van der Waals surface area contributed by atoms with Crippen molar-refractivity contribution in [3.05, 3.63) is 69.8 Å². The monoisotopic (exact) mass is 402 g/mol. The zero-order chi connectivity index (χ0) is 20.6. The van der Waals surface area contributed by atoms with Crippen LogP contribution in [0.4, 0.5) is 0 Å². The van der Waals surface area contributed by atoms with Crippen molar-refractivity contribution in [3.63, 3.8) is 0 Å². The molecule has 0 bridgehead atoms. The average molecular weight is 402 g/mol. The lowest BCUT2D eigenvalue weighted by atomic mass is 10.1. The summed E-state index contributed by atoms with van der Waals surface area (Å²) in [4.78, 5) is 17.9. The molecule has 0 saturated carbocycles. The lowest BCUT2D eigenvalue weighted by Gasteiger charge is -2.24. The van der Waals surface area contributed by atoms with Gasteiger partial charge in [-0.15, -0.1) is 0 Å². The van der Waals surface area contributed by atoms with E-state index in [1.165, 1.54) is 0 Å². The number of methoxy groups -OCH3 is 1. The SMILES string of the molecule is COc1ccc(C#Cc2ccc3c(=O)n4c(nc3c2)CCC2(CC4)OCCO2)cc1. The first-order valence-electron chi connectivity index (χ1n) is 10.1. The van der Waals surface area contributed by atoms with Gasteiger partial charge in [0.2, 0.25) is 0 Å². The molecule has 0 atom stereocenters. The van der Waals surface area contributed by atoms with Gasteiger partial charge in [-0.2, -0.15) is 0 Å². The van der Waals surface area contributed by atoms with E-state index in [-0.39, 0.29) is 5.56 Å². The molecule has 6 heteroatoms. The van der Waals surface area contributed by atoms with Crippen LogP contribution in [0.2, 0.25) is 0 Å². The highest BCUT2D eigenvalue weighted by Gasteiger charge is 2.38. The second-order valence-electron chi connectivity index (χ2n) is 7.55. The molecule has 5 rings (SSSR count). The Balaban J connectivity index is 1.47. The zero-order valence-electron chi connectivity index (χ0n) is 16.8. The van der Waals surface area contributed by atoms with Crippen molar-refractivity contribution in [1.29, 1.82) is 0 Å². The molecule has 6 nitrogen and oxygen atoms in total. The molecule has 1 aromatic heterocycles. The number of aryl methyl sites for hydroxylation is 1. The van der Waals surface area contributed by atoms with Crippen LogP contribution < -0.4 is 10.3 Å². The van der Waals surface area contributed by atoms with Crippen molar-refractivity contribution in [2.75, 3.05) is 20.3 Å². The molecular weight excluding hydrogens is 380 g/mol. The molecule has 1 saturated heterocycles. The summed E-state index contributed by atoms with van der Waals surface area (Å²) in [5.74, 6) is 7.32. The van der Waals surface area contributed by atoms with Gasteiger partial charge in [0.05, 0.1) is 31.2 Å². The summed E-state index contributed by atoms with van der Waals surface area (Å²) in [6.45, 7) is 1.77. The first-order valence-corrected chi connectivity index (χ1v) is 10.1. The van der Waals surface area contributed by atoms with Crippen LogP contribution in [0.15, 0.2) is 47.3 Å². The van der Waals surface area contributed by atoms with E-state index in [9.17, 15) is 4.79 Å². The normalized spacial score (nSPS) is 17.2. The van der Waals surface area contributed by atoms with Crippen molar-refractivity contribution in [1.82, 2.24) is 9.55 Å². The van der Waals surface area contributed by atoms with Crippen LogP contribution in [0.3, 0.4) is 0 Å². The number of aromatic nitrogens is 2. The van der Waals surface area contributed by atoms with E-state index in [1.807, 2.05) is 42.5 Å². The predicted molar refractivity (Wildman–Crippen MR) is 113 cm³/mol. The molecule has 1 fully saturated rings. The van der Waals surface area contributed by atoms with E-state index >= 15 is 0 Å². The Morgan fingerprint density at radius 2 is 1.77 bits per heavy atom. The van der Waals surface area contributed by atoms with E-state index in [2.05, 4.69) is 11.8 Å². The highest BCUT2D eigenvalue weighted by atomic mass is 16.7. The smallest absolute Gasteiger partial charge is 0.261 e. The van der Waals surface area contributed by atoms with E-state index in [0.29, 0.717) is 49.9 Å². The number of hydrogen-bond acceptors (Lipinski definition) is 5. The standard InChI is InChI=1S/C24H22N2O4/c1-28-19-7-4-17(5-8-19)2-3-18-6-9-20-21(16-18)25-22-10-11-24(29-14-15-30-24)12-13-26(22)23(20)27/h4-9,16H,10-15H2,1H3. The topological polar surface area (TPSA) is 62.6 Å². The fourth-order valence-electron chi connectivity index (χ4n) is 4.08. The fourth-order valence-corrected chi connectivity index (χ4v) is 4.08. The predicted octanol–water partition coefficient (Wildman–Crippen LogP) is 2.88. The van der Waals surface area contributed by atoms with E-state index in [4.69, 9.17) is 19.2 Å². The Kier molecular flexibility index (Phi) is 4.78. The van der Waals surface area contributed by atoms with Gasteiger partial charge in [0.25, 0.3) is 5.56 Å². The second-order valence-corrected chi connectivity index (χ2v) is 7.55. The number of ether oxygens (including phenoxy) is 3. The van der Waals surface area contributed by atoms with Crippen molar-refractivity contribution < 1.29 is 14.2 Å². The van der Waals surface area contributed by atoms with Crippen molar-refractivity contribution in [2.24, 2.45) is 0 Å². The number of hydrogen-bond donors (Lipinski definition) is 0.